The summed E-state index contributed by atoms with van der Waals surface area (Å²) in [6, 6.07) is 7.63. The third kappa shape index (κ3) is 2.64. The number of furan rings is 1. The predicted molar refractivity (Wildman–Crippen MR) is 110 cm³/mol. The summed E-state index contributed by atoms with van der Waals surface area (Å²) in [5.74, 6) is 0.992. The van der Waals surface area contributed by atoms with Gasteiger partial charge in [-0.15, -0.1) is 0 Å². The van der Waals surface area contributed by atoms with Gasteiger partial charge in [0.15, 0.2) is 0 Å². The van der Waals surface area contributed by atoms with Crippen molar-refractivity contribution in [2.45, 2.75) is 6.42 Å². The summed E-state index contributed by atoms with van der Waals surface area (Å²) < 4.78 is 5.70. The van der Waals surface area contributed by atoms with Crippen LogP contribution in [0.25, 0.3) is 11.3 Å². The Morgan fingerprint density at radius 1 is 1.10 bits per heavy atom. The quantitative estimate of drug-likeness (QED) is 0.237. The maximum absolute atomic E-state index is 12.9. The van der Waals surface area contributed by atoms with E-state index in [9.17, 15) is 19.7 Å². The number of nitro groups is 1. The minimum Gasteiger partial charge on any atom is -0.455 e. The highest BCUT2D eigenvalue weighted by molar-refractivity contribution is 6.32. The van der Waals surface area contributed by atoms with Gasteiger partial charge in [-0.25, -0.2) is 0 Å². The Hall–Kier alpha value is -3.26. The van der Waals surface area contributed by atoms with Crippen molar-refractivity contribution in [2.24, 2.45) is 40.6 Å². The molecule has 1 aliphatic heterocycles. The molecule has 7 rings (SSSR count). The highest BCUT2D eigenvalue weighted by Gasteiger charge is 2.67. The Morgan fingerprint density at radius 3 is 2.42 bits per heavy atom. The van der Waals surface area contributed by atoms with Gasteiger partial charge in [0.2, 0.25) is 0 Å². The molecule has 2 heterocycles. The van der Waals surface area contributed by atoms with E-state index in [2.05, 4.69) is 17.3 Å². The minimum absolute atomic E-state index is 0.0377. The first-order chi connectivity index (χ1) is 14.9. The summed E-state index contributed by atoms with van der Waals surface area (Å²) in [6.07, 6.45) is 6.67. The molecule has 1 aromatic heterocycles. The summed E-state index contributed by atoms with van der Waals surface area (Å²) in [6.45, 7) is 0. The van der Waals surface area contributed by atoms with Gasteiger partial charge in [-0.1, -0.05) is 23.8 Å². The second-order valence-corrected chi connectivity index (χ2v) is 8.92. The molecule has 0 N–H and O–H groups in total. The van der Waals surface area contributed by atoms with Crippen molar-refractivity contribution >= 4 is 35.3 Å². The lowest BCUT2D eigenvalue weighted by Crippen LogP contribution is -2.40. The van der Waals surface area contributed by atoms with Crippen molar-refractivity contribution in [1.82, 2.24) is 5.01 Å². The topological polar surface area (TPSA) is 106 Å². The SMILES string of the molecule is O=C1[C@H]2[C@@H]3C=C[C@H]([C@@H]4C[C@H]34)[C@@H]2C(=O)N1/N=C\c1ccc(-c2ccc(Cl)c([N+](=O)[O-])c2)o1. The van der Waals surface area contributed by atoms with Crippen LogP contribution in [0.5, 0.6) is 0 Å². The third-order valence-corrected chi connectivity index (χ3v) is 7.31. The van der Waals surface area contributed by atoms with E-state index in [1.54, 1.807) is 18.2 Å². The first kappa shape index (κ1) is 18.5. The fraction of sp³-hybridized carbons (Fsp3) is 0.318. The van der Waals surface area contributed by atoms with Crippen LogP contribution in [0.4, 0.5) is 5.69 Å². The van der Waals surface area contributed by atoms with Gasteiger partial charge < -0.3 is 4.42 Å². The van der Waals surface area contributed by atoms with Gasteiger partial charge in [-0.2, -0.15) is 10.1 Å². The number of amides is 2. The average molecular weight is 438 g/mol. The molecular weight excluding hydrogens is 422 g/mol. The number of halogens is 1. The molecule has 6 atom stereocenters. The van der Waals surface area contributed by atoms with E-state index in [0.717, 1.165) is 11.4 Å². The normalized spacial score (nSPS) is 32.6. The number of nitrogens with zero attached hydrogens (tertiary/aromatic N) is 3. The van der Waals surface area contributed by atoms with E-state index in [0.29, 0.717) is 28.9 Å². The zero-order valence-corrected chi connectivity index (χ0v) is 16.8. The summed E-state index contributed by atoms with van der Waals surface area (Å²) in [5.41, 5.74) is 0.264. The molecule has 156 valence electrons. The fourth-order valence-electron chi connectivity index (χ4n) is 5.55. The number of hydrogen-bond donors (Lipinski definition) is 0. The maximum Gasteiger partial charge on any atom is 0.288 e. The molecule has 4 aliphatic carbocycles. The van der Waals surface area contributed by atoms with Crippen LogP contribution in [0.3, 0.4) is 0 Å². The fourth-order valence-corrected chi connectivity index (χ4v) is 5.74. The van der Waals surface area contributed by atoms with Crippen molar-refractivity contribution in [3.8, 4) is 11.3 Å². The van der Waals surface area contributed by atoms with Gasteiger partial charge in [0.05, 0.1) is 23.0 Å². The Kier molecular flexibility index (Phi) is 3.80. The van der Waals surface area contributed by atoms with Crippen LogP contribution in [0.2, 0.25) is 5.02 Å². The predicted octanol–water partition coefficient (Wildman–Crippen LogP) is 3.90. The highest BCUT2D eigenvalue weighted by Crippen LogP contribution is 2.65. The number of hydrogen-bond acceptors (Lipinski definition) is 6. The standard InChI is InChI=1S/C22H16ClN3O5/c23-16-5-1-10(7-17(16)26(29)30)18-6-2-11(31-18)9-24-25-21(27)19-12-3-4-13(15-8-14(12)15)20(19)22(25)28/h1-7,9,12-15,19-20H,8H2/b24-9-/t12-,13-,14-,15+,19+,20+/m1/s1. The van der Waals surface area contributed by atoms with Crippen LogP contribution >= 0.6 is 11.6 Å². The van der Waals surface area contributed by atoms with Crippen LogP contribution in [0.15, 0.2) is 52.0 Å². The van der Waals surface area contributed by atoms with E-state index in [1.807, 2.05) is 0 Å². The minimum atomic E-state index is -0.562. The van der Waals surface area contributed by atoms with E-state index >= 15 is 0 Å². The Morgan fingerprint density at radius 2 is 1.77 bits per heavy atom. The number of nitro benzene ring substituents is 1. The van der Waals surface area contributed by atoms with Gasteiger partial charge in [0, 0.05) is 11.6 Å². The van der Waals surface area contributed by atoms with Crippen LogP contribution in [-0.2, 0) is 9.59 Å². The number of rotatable bonds is 4. The van der Waals surface area contributed by atoms with Crippen LogP contribution in [0, 0.1) is 45.6 Å². The van der Waals surface area contributed by atoms with Crippen molar-refractivity contribution in [1.29, 1.82) is 0 Å². The molecule has 0 radical (unpaired) electrons. The molecular formula is C22H16ClN3O5. The number of carbonyl (C=O) groups is 2. The molecule has 2 bridgehead atoms. The van der Waals surface area contributed by atoms with Gasteiger partial charge >= 0.3 is 0 Å². The number of imide groups is 1. The molecule has 2 amide bonds. The lowest BCUT2D eigenvalue weighted by atomic mass is 9.63. The van der Waals surface area contributed by atoms with Crippen molar-refractivity contribution < 1.29 is 18.9 Å². The smallest absolute Gasteiger partial charge is 0.288 e. The largest absolute Gasteiger partial charge is 0.455 e. The van der Waals surface area contributed by atoms with Gasteiger partial charge in [0.1, 0.15) is 16.5 Å². The summed E-state index contributed by atoms with van der Waals surface area (Å²) in [5, 5.41) is 16.3. The highest BCUT2D eigenvalue weighted by atomic mass is 35.5. The molecule has 0 spiro atoms. The van der Waals surface area contributed by atoms with E-state index in [1.165, 1.54) is 18.3 Å². The van der Waals surface area contributed by atoms with Gasteiger partial charge in [0.25, 0.3) is 17.5 Å². The molecule has 3 fully saturated rings. The number of hydrazone groups is 1. The zero-order chi connectivity index (χ0) is 21.4. The van der Waals surface area contributed by atoms with Gasteiger partial charge in [-0.05, 0) is 54.4 Å². The molecule has 8 nitrogen and oxygen atoms in total. The molecule has 1 aromatic carbocycles. The lowest BCUT2D eigenvalue weighted by molar-refractivity contribution is -0.384. The van der Waals surface area contributed by atoms with Crippen molar-refractivity contribution in [2.75, 3.05) is 0 Å². The number of benzene rings is 1. The van der Waals surface area contributed by atoms with E-state index < -0.39 is 4.92 Å². The molecule has 2 aromatic rings. The van der Waals surface area contributed by atoms with Crippen molar-refractivity contribution in [3.63, 3.8) is 0 Å². The monoisotopic (exact) mass is 437 g/mol. The van der Waals surface area contributed by atoms with Crippen molar-refractivity contribution in [3.05, 3.63) is 63.4 Å². The zero-order valence-electron chi connectivity index (χ0n) is 16.1. The third-order valence-electron chi connectivity index (χ3n) is 6.99. The number of carbonyl (C=O) groups excluding carboxylic acids is 2. The van der Waals surface area contributed by atoms with E-state index in [-0.39, 0.29) is 46.2 Å². The molecule has 1 saturated heterocycles. The Bertz CT molecular complexity index is 1180. The van der Waals surface area contributed by atoms with Crippen LogP contribution in [-0.4, -0.2) is 28.0 Å². The van der Waals surface area contributed by atoms with E-state index in [4.69, 9.17) is 16.0 Å². The number of allylic oxidation sites excluding steroid dienone is 2. The molecule has 9 heteroatoms. The average Bonchev–Trinajstić information content (AvgIpc) is 3.39. The summed E-state index contributed by atoms with van der Waals surface area (Å²) in [4.78, 5) is 36.4. The second kappa shape index (κ2) is 6.37. The van der Waals surface area contributed by atoms with Crippen LogP contribution in [0.1, 0.15) is 12.2 Å². The first-order valence-electron chi connectivity index (χ1n) is 10.1. The molecule has 2 saturated carbocycles. The summed E-state index contributed by atoms with van der Waals surface area (Å²) >= 11 is 5.85. The molecule has 5 aliphatic rings. The summed E-state index contributed by atoms with van der Waals surface area (Å²) in [7, 11) is 0. The molecule has 31 heavy (non-hydrogen) atoms. The van der Waals surface area contributed by atoms with Crippen LogP contribution < -0.4 is 0 Å². The second-order valence-electron chi connectivity index (χ2n) is 8.51. The Labute approximate surface area is 181 Å². The molecule has 0 unspecified atom stereocenters. The van der Waals surface area contributed by atoms with Gasteiger partial charge in [-0.3, -0.25) is 19.7 Å². The Balaban J connectivity index is 1.24. The lowest BCUT2D eigenvalue weighted by Gasteiger charge is -2.37. The first-order valence-corrected chi connectivity index (χ1v) is 10.5. The maximum atomic E-state index is 12.9.